The van der Waals surface area contributed by atoms with Gasteiger partial charge in [0.2, 0.25) is 5.91 Å². The van der Waals surface area contributed by atoms with E-state index in [-0.39, 0.29) is 12.5 Å². The number of thiophene rings is 1. The van der Waals surface area contributed by atoms with Crippen molar-refractivity contribution in [3.05, 3.63) is 63.4 Å². The van der Waals surface area contributed by atoms with Gasteiger partial charge < -0.3 is 4.90 Å². The molecule has 1 aromatic heterocycles. The van der Waals surface area contributed by atoms with Crippen LogP contribution in [0, 0.1) is 6.92 Å². The highest BCUT2D eigenvalue weighted by atomic mass is 32.1. The SMILES string of the molecule is Cc1cccc2c1CCN1C(=O)CN=C(c3cccs3)C=C21. The third kappa shape index (κ3) is 2.11. The van der Waals surface area contributed by atoms with Gasteiger partial charge >= 0.3 is 0 Å². The number of carbonyl (C=O) groups excluding carboxylic acids is 1. The number of hydrogen-bond donors (Lipinski definition) is 0. The number of fused-ring (bicyclic) bond motifs is 3. The molecule has 2 aliphatic heterocycles. The van der Waals surface area contributed by atoms with Crippen molar-refractivity contribution in [1.82, 2.24) is 4.90 Å². The maximum atomic E-state index is 12.4. The molecule has 4 rings (SSSR count). The van der Waals surface area contributed by atoms with Gasteiger partial charge in [-0.25, -0.2) is 0 Å². The van der Waals surface area contributed by atoms with Crippen molar-refractivity contribution in [2.75, 3.05) is 13.1 Å². The van der Waals surface area contributed by atoms with Crippen LogP contribution in [0.3, 0.4) is 0 Å². The second-order valence-corrected chi connectivity index (χ2v) is 6.55. The number of allylic oxidation sites excluding steroid dienone is 1. The first-order chi connectivity index (χ1) is 10.7. The highest BCUT2D eigenvalue weighted by Gasteiger charge is 2.28. The summed E-state index contributed by atoms with van der Waals surface area (Å²) in [6.07, 6.45) is 2.99. The number of nitrogens with zero attached hydrogens (tertiary/aromatic N) is 2. The van der Waals surface area contributed by atoms with Gasteiger partial charge in [-0.05, 0) is 42.0 Å². The van der Waals surface area contributed by atoms with Gasteiger partial charge in [-0.2, -0.15) is 0 Å². The second-order valence-electron chi connectivity index (χ2n) is 5.60. The molecule has 0 N–H and O–H groups in total. The minimum absolute atomic E-state index is 0.0879. The van der Waals surface area contributed by atoms with Gasteiger partial charge in [-0.15, -0.1) is 11.3 Å². The van der Waals surface area contributed by atoms with Crippen LogP contribution in [0.4, 0.5) is 0 Å². The molecule has 0 unspecified atom stereocenters. The lowest BCUT2D eigenvalue weighted by atomic mass is 9.92. The molecule has 0 aliphatic carbocycles. The third-order valence-electron chi connectivity index (χ3n) is 4.30. The molecule has 2 aromatic rings. The van der Waals surface area contributed by atoms with Crippen molar-refractivity contribution in [1.29, 1.82) is 0 Å². The molecule has 3 nitrogen and oxygen atoms in total. The van der Waals surface area contributed by atoms with Crippen LogP contribution in [-0.4, -0.2) is 29.6 Å². The van der Waals surface area contributed by atoms with Crippen molar-refractivity contribution in [2.24, 2.45) is 4.99 Å². The quantitative estimate of drug-likeness (QED) is 0.795. The maximum absolute atomic E-state index is 12.4. The van der Waals surface area contributed by atoms with Gasteiger partial charge in [0.05, 0.1) is 16.3 Å². The van der Waals surface area contributed by atoms with Crippen LogP contribution in [0.25, 0.3) is 5.70 Å². The molecule has 0 saturated carbocycles. The van der Waals surface area contributed by atoms with Crippen LogP contribution in [-0.2, 0) is 11.2 Å². The van der Waals surface area contributed by atoms with Gasteiger partial charge in [-0.1, -0.05) is 24.3 Å². The summed E-state index contributed by atoms with van der Waals surface area (Å²) in [5.74, 6) is 0.0879. The van der Waals surface area contributed by atoms with E-state index in [9.17, 15) is 4.79 Å². The number of rotatable bonds is 1. The zero-order valence-electron chi connectivity index (χ0n) is 12.4. The van der Waals surface area contributed by atoms with Crippen molar-refractivity contribution >= 4 is 28.7 Å². The van der Waals surface area contributed by atoms with E-state index in [0.717, 1.165) is 29.3 Å². The first-order valence-electron chi connectivity index (χ1n) is 7.43. The molecule has 3 heterocycles. The zero-order chi connectivity index (χ0) is 15.1. The number of amides is 1. The largest absolute Gasteiger partial charge is 0.310 e. The Morgan fingerprint density at radius 2 is 2.14 bits per heavy atom. The molecule has 0 fully saturated rings. The van der Waals surface area contributed by atoms with E-state index in [0.29, 0.717) is 0 Å². The monoisotopic (exact) mass is 308 g/mol. The number of aryl methyl sites for hydroxylation is 1. The molecule has 0 spiro atoms. The second kappa shape index (κ2) is 5.21. The standard InChI is InChI=1S/C18H16N2OS/c1-12-4-2-5-14-13(12)7-8-20-16(14)10-15(19-11-18(20)21)17-6-3-9-22-17/h2-6,9-10H,7-8,11H2,1H3. The Hall–Kier alpha value is -2.20. The highest BCUT2D eigenvalue weighted by Crippen LogP contribution is 2.32. The maximum Gasteiger partial charge on any atom is 0.248 e. The molecule has 4 heteroatoms. The summed E-state index contributed by atoms with van der Waals surface area (Å²) in [7, 11) is 0. The summed E-state index contributed by atoms with van der Waals surface area (Å²) in [6, 6.07) is 10.4. The number of carbonyl (C=O) groups is 1. The predicted molar refractivity (Wildman–Crippen MR) is 90.3 cm³/mol. The highest BCUT2D eigenvalue weighted by molar-refractivity contribution is 7.12. The summed E-state index contributed by atoms with van der Waals surface area (Å²) in [5.41, 5.74) is 5.73. The van der Waals surface area contributed by atoms with Gasteiger partial charge in [-0.3, -0.25) is 9.79 Å². The lowest BCUT2D eigenvalue weighted by Gasteiger charge is -2.31. The van der Waals surface area contributed by atoms with Crippen LogP contribution in [0.2, 0.25) is 0 Å². The Kier molecular flexibility index (Phi) is 3.19. The topological polar surface area (TPSA) is 32.7 Å². The average Bonchev–Trinajstić information content (AvgIpc) is 3.00. The first-order valence-corrected chi connectivity index (χ1v) is 8.31. The smallest absolute Gasteiger partial charge is 0.248 e. The first kappa shape index (κ1) is 13.5. The van der Waals surface area contributed by atoms with Crippen LogP contribution in [0.1, 0.15) is 21.6 Å². The molecule has 22 heavy (non-hydrogen) atoms. The van der Waals surface area contributed by atoms with E-state index in [1.807, 2.05) is 16.3 Å². The summed E-state index contributed by atoms with van der Waals surface area (Å²) < 4.78 is 0. The molecule has 0 radical (unpaired) electrons. The minimum Gasteiger partial charge on any atom is -0.310 e. The van der Waals surface area contributed by atoms with Crippen molar-refractivity contribution in [3.8, 4) is 0 Å². The van der Waals surface area contributed by atoms with Crippen molar-refractivity contribution in [2.45, 2.75) is 13.3 Å². The van der Waals surface area contributed by atoms with Gasteiger partial charge in [0.15, 0.2) is 0 Å². The Morgan fingerprint density at radius 1 is 1.23 bits per heavy atom. The van der Waals surface area contributed by atoms with Crippen LogP contribution < -0.4 is 0 Å². The van der Waals surface area contributed by atoms with Gasteiger partial charge in [0.25, 0.3) is 0 Å². The summed E-state index contributed by atoms with van der Waals surface area (Å²) in [6.45, 7) is 3.12. The molecular formula is C18H16N2OS. The summed E-state index contributed by atoms with van der Waals surface area (Å²) >= 11 is 1.66. The predicted octanol–water partition coefficient (Wildman–Crippen LogP) is 3.29. The fraction of sp³-hybridized carbons (Fsp3) is 0.222. The van der Waals surface area contributed by atoms with Crippen molar-refractivity contribution < 1.29 is 4.79 Å². The molecule has 0 bridgehead atoms. The van der Waals surface area contributed by atoms with E-state index < -0.39 is 0 Å². The Balaban J connectivity index is 1.89. The molecule has 1 amide bonds. The van der Waals surface area contributed by atoms with E-state index >= 15 is 0 Å². The molecule has 110 valence electrons. The Bertz CT molecular complexity index is 802. The average molecular weight is 308 g/mol. The van der Waals surface area contributed by atoms with Gasteiger partial charge in [0.1, 0.15) is 6.54 Å². The molecule has 0 saturated heterocycles. The van der Waals surface area contributed by atoms with Crippen LogP contribution >= 0.6 is 11.3 Å². The Morgan fingerprint density at radius 3 is 2.95 bits per heavy atom. The van der Waals surface area contributed by atoms with E-state index in [2.05, 4.69) is 42.3 Å². The lowest BCUT2D eigenvalue weighted by molar-refractivity contribution is -0.126. The minimum atomic E-state index is 0.0879. The Labute approximate surface area is 133 Å². The summed E-state index contributed by atoms with van der Waals surface area (Å²) in [4.78, 5) is 20.0. The molecule has 1 aromatic carbocycles. The molecular weight excluding hydrogens is 292 g/mol. The van der Waals surface area contributed by atoms with Crippen LogP contribution in [0.15, 0.2) is 46.8 Å². The van der Waals surface area contributed by atoms with E-state index in [1.54, 1.807) is 11.3 Å². The number of aliphatic imine (C=N–C) groups is 1. The number of hydrogen-bond acceptors (Lipinski definition) is 3. The normalized spacial score (nSPS) is 17.3. The fourth-order valence-electron chi connectivity index (χ4n) is 3.16. The summed E-state index contributed by atoms with van der Waals surface area (Å²) in [5, 5.41) is 2.04. The van der Waals surface area contributed by atoms with Gasteiger partial charge in [0, 0.05) is 12.1 Å². The fourth-order valence-corrected chi connectivity index (χ4v) is 3.87. The third-order valence-corrected chi connectivity index (χ3v) is 5.19. The molecule has 2 aliphatic rings. The molecule has 0 atom stereocenters. The van der Waals surface area contributed by atoms with Crippen LogP contribution in [0.5, 0.6) is 0 Å². The zero-order valence-corrected chi connectivity index (χ0v) is 13.2. The lowest BCUT2D eigenvalue weighted by Crippen LogP contribution is -2.36. The number of benzene rings is 1. The van der Waals surface area contributed by atoms with E-state index in [4.69, 9.17) is 0 Å². The van der Waals surface area contributed by atoms with E-state index in [1.165, 1.54) is 16.7 Å². The van der Waals surface area contributed by atoms with Crippen molar-refractivity contribution in [3.63, 3.8) is 0 Å².